The highest BCUT2D eigenvalue weighted by atomic mass is 15.1. The van der Waals surface area contributed by atoms with E-state index >= 15 is 0 Å². The lowest BCUT2D eigenvalue weighted by Gasteiger charge is -2.47. The second-order valence-electron chi connectivity index (χ2n) is 4.34. The van der Waals surface area contributed by atoms with Crippen molar-refractivity contribution in [2.45, 2.75) is 20.3 Å². The van der Waals surface area contributed by atoms with Gasteiger partial charge < -0.3 is 4.90 Å². The molecule has 1 aliphatic rings. The zero-order valence-corrected chi connectivity index (χ0v) is 8.51. The van der Waals surface area contributed by atoms with E-state index < -0.39 is 0 Å². The fourth-order valence-corrected chi connectivity index (χ4v) is 2.05. The third kappa shape index (κ3) is 1.84. The van der Waals surface area contributed by atoms with Gasteiger partial charge in [-0.2, -0.15) is 0 Å². The molecule has 0 amide bonds. The summed E-state index contributed by atoms with van der Waals surface area (Å²) in [5, 5.41) is 0. The van der Waals surface area contributed by atoms with E-state index in [0.29, 0.717) is 5.41 Å². The van der Waals surface area contributed by atoms with Crippen LogP contribution in [0.1, 0.15) is 20.3 Å². The van der Waals surface area contributed by atoms with Crippen molar-refractivity contribution in [3.05, 3.63) is 19.1 Å². The second-order valence-corrected chi connectivity index (χ2v) is 4.34. The van der Waals surface area contributed by atoms with Gasteiger partial charge in [0.15, 0.2) is 0 Å². The quantitative estimate of drug-likeness (QED) is 0.569. The Labute approximate surface area is 76.5 Å². The van der Waals surface area contributed by atoms with Gasteiger partial charge in [-0.05, 0) is 32.5 Å². The van der Waals surface area contributed by atoms with Crippen LogP contribution in [0.15, 0.2) is 12.7 Å². The standard InChI is InChI=1S/C11H20N/c1-5-7-11(3)9-12(4)8-6-10(11)2/h5,7,10H,1,6,8-9H2,2-4H3/q-1. The van der Waals surface area contributed by atoms with E-state index in [2.05, 4.69) is 38.8 Å². The Balaban J connectivity index is 2.63. The lowest BCUT2D eigenvalue weighted by atomic mass is 9.71. The van der Waals surface area contributed by atoms with E-state index in [1.54, 1.807) is 0 Å². The lowest BCUT2D eigenvalue weighted by molar-refractivity contribution is 0.0976. The molecule has 2 atom stereocenters. The first-order valence-electron chi connectivity index (χ1n) is 4.74. The van der Waals surface area contributed by atoms with Crippen LogP contribution in [0.3, 0.4) is 0 Å². The number of hydrogen-bond donors (Lipinski definition) is 0. The van der Waals surface area contributed by atoms with Gasteiger partial charge in [0.05, 0.1) is 0 Å². The van der Waals surface area contributed by atoms with Crippen LogP contribution in [0, 0.1) is 17.8 Å². The molecule has 1 aliphatic heterocycles. The van der Waals surface area contributed by atoms with Crippen LogP contribution < -0.4 is 0 Å². The first-order chi connectivity index (χ1) is 5.58. The number of nitrogens with zero attached hydrogens (tertiary/aromatic N) is 1. The Bertz CT molecular complexity index is 164. The molecule has 0 aromatic heterocycles. The maximum Gasteiger partial charge on any atom is -0.00197 e. The van der Waals surface area contributed by atoms with Crippen molar-refractivity contribution in [1.29, 1.82) is 0 Å². The smallest absolute Gasteiger partial charge is 0.00197 e. The monoisotopic (exact) mass is 166 g/mol. The fraction of sp³-hybridized carbons (Fsp3) is 0.727. The van der Waals surface area contributed by atoms with Gasteiger partial charge in [-0.25, -0.2) is 19.1 Å². The van der Waals surface area contributed by atoms with E-state index in [0.717, 1.165) is 5.92 Å². The third-order valence-electron chi connectivity index (χ3n) is 3.18. The minimum absolute atomic E-state index is 0.342. The number of piperidine rings is 1. The molecular weight excluding hydrogens is 146 g/mol. The number of rotatable bonds is 2. The number of hydrogen-bond acceptors (Lipinski definition) is 1. The van der Waals surface area contributed by atoms with Crippen LogP contribution in [0.25, 0.3) is 0 Å². The summed E-state index contributed by atoms with van der Waals surface area (Å²) in [6, 6.07) is 0. The molecule has 2 unspecified atom stereocenters. The van der Waals surface area contributed by atoms with E-state index in [4.69, 9.17) is 0 Å². The summed E-state index contributed by atoms with van der Waals surface area (Å²) < 4.78 is 0. The molecule has 1 heterocycles. The first-order valence-corrected chi connectivity index (χ1v) is 4.74. The third-order valence-corrected chi connectivity index (χ3v) is 3.18. The highest BCUT2D eigenvalue weighted by molar-refractivity contribution is 5.05. The summed E-state index contributed by atoms with van der Waals surface area (Å²) in [6.45, 7) is 10.9. The molecule has 0 aromatic rings. The molecular formula is C11H20N-. The highest BCUT2D eigenvalue weighted by Gasteiger charge is 2.30. The van der Waals surface area contributed by atoms with Crippen LogP contribution in [0.2, 0.25) is 0 Å². The Morgan fingerprint density at radius 1 is 1.67 bits per heavy atom. The molecule has 0 aliphatic carbocycles. The molecule has 0 aromatic carbocycles. The van der Waals surface area contributed by atoms with Gasteiger partial charge >= 0.3 is 0 Å². The van der Waals surface area contributed by atoms with Gasteiger partial charge in [-0.3, -0.25) is 0 Å². The van der Waals surface area contributed by atoms with Crippen molar-refractivity contribution in [3.8, 4) is 0 Å². The predicted molar refractivity (Wildman–Crippen MR) is 53.9 cm³/mol. The number of allylic oxidation sites excluding steroid dienone is 1. The SMILES string of the molecule is C=C[CH-]C1(C)CN(C)CCC1C. The fourth-order valence-electron chi connectivity index (χ4n) is 2.05. The van der Waals surface area contributed by atoms with Gasteiger partial charge in [0.2, 0.25) is 0 Å². The zero-order chi connectivity index (χ0) is 9.19. The Kier molecular flexibility index (Phi) is 2.84. The molecule has 0 N–H and O–H groups in total. The minimum Gasteiger partial charge on any atom is -0.307 e. The highest BCUT2D eigenvalue weighted by Crippen LogP contribution is 2.36. The maximum atomic E-state index is 3.79. The molecule has 1 heteroatoms. The van der Waals surface area contributed by atoms with Gasteiger partial charge in [0.25, 0.3) is 0 Å². The van der Waals surface area contributed by atoms with Crippen molar-refractivity contribution in [2.75, 3.05) is 20.1 Å². The minimum atomic E-state index is 0.342. The van der Waals surface area contributed by atoms with Crippen molar-refractivity contribution in [2.24, 2.45) is 11.3 Å². The largest absolute Gasteiger partial charge is 0.307 e. The summed E-state index contributed by atoms with van der Waals surface area (Å²) in [5.41, 5.74) is 0.342. The second kappa shape index (κ2) is 3.53. The predicted octanol–water partition coefficient (Wildman–Crippen LogP) is 2.35. The zero-order valence-electron chi connectivity index (χ0n) is 8.51. The van der Waals surface area contributed by atoms with Crippen molar-refractivity contribution < 1.29 is 0 Å². The Hall–Kier alpha value is -0.430. The van der Waals surface area contributed by atoms with Crippen LogP contribution in [-0.4, -0.2) is 25.0 Å². The maximum absolute atomic E-state index is 3.79. The molecule has 0 spiro atoms. The summed E-state index contributed by atoms with van der Waals surface area (Å²) in [5.74, 6) is 0.784. The van der Waals surface area contributed by atoms with E-state index in [1.807, 2.05) is 6.08 Å². The Morgan fingerprint density at radius 3 is 2.92 bits per heavy atom. The molecule has 1 fully saturated rings. The molecule has 70 valence electrons. The molecule has 1 nitrogen and oxygen atoms in total. The van der Waals surface area contributed by atoms with Gasteiger partial charge in [-0.15, -0.1) is 0 Å². The van der Waals surface area contributed by atoms with Crippen molar-refractivity contribution in [1.82, 2.24) is 4.90 Å². The van der Waals surface area contributed by atoms with Crippen molar-refractivity contribution in [3.63, 3.8) is 0 Å². The number of likely N-dealkylation sites (tertiary alicyclic amines) is 1. The van der Waals surface area contributed by atoms with Crippen LogP contribution in [-0.2, 0) is 0 Å². The van der Waals surface area contributed by atoms with Gasteiger partial charge in [0, 0.05) is 0 Å². The molecule has 1 rings (SSSR count). The van der Waals surface area contributed by atoms with Gasteiger partial charge in [0.1, 0.15) is 0 Å². The summed E-state index contributed by atoms with van der Waals surface area (Å²) in [7, 11) is 2.20. The topological polar surface area (TPSA) is 3.24 Å². The first kappa shape index (κ1) is 9.66. The van der Waals surface area contributed by atoms with Crippen LogP contribution in [0.5, 0.6) is 0 Å². The van der Waals surface area contributed by atoms with E-state index in [9.17, 15) is 0 Å². The summed E-state index contributed by atoms with van der Waals surface area (Å²) in [4.78, 5) is 2.40. The molecule has 0 bridgehead atoms. The normalized spacial score (nSPS) is 37.8. The molecule has 0 radical (unpaired) electrons. The van der Waals surface area contributed by atoms with E-state index in [1.165, 1.54) is 19.5 Å². The summed E-state index contributed by atoms with van der Waals surface area (Å²) >= 11 is 0. The summed E-state index contributed by atoms with van der Waals surface area (Å²) in [6.07, 6.45) is 5.50. The molecule has 1 saturated heterocycles. The average Bonchev–Trinajstić information content (AvgIpc) is 1.98. The van der Waals surface area contributed by atoms with Crippen LogP contribution >= 0.6 is 0 Å². The average molecular weight is 166 g/mol. The Morgan fingerprint density at radius 2 is 2.33 bits per heavy atom. The van der Waals surface area contributed by atoms with Gasteiger partial charge in [-0.1, -0.05) is 19.3 Å². The van der Waals surface area contributed by atoms with Crippen LogP contribution in [0.4, 0.5) is 0 Å². The lowest BCUT2D eigenvalue weighted by Crippen LogP contribution is -2.44. The van der Waals surface area contributed by atoms with E-state index in [-0.39, 0.29) is 0 Å². The molecule has 12 heavy (non-hydrogen) atoms. The van der Waals surface area contributed by atoms with Crippen molar-refractivity contribution >= 4 is 0 Å². The molecule has 0 saturated carbocycles.